The molecule has 2 aromatic heterocycles. The van der Waals surface area contributed by atoms with Gasteiger partial charge in [0.2, 0.25) is 5.91 Å². The summed E-state index contributed by atoms with van der Waals surface area (Å²) in [6, 6.07) is 10.0. The van der Waals surface area contributed by atoms with E-state index in [9.17, 15) is 4.79 Å². The summed E-state index contributed by atoms with van der Waals surface area (Å²) in [4.78, 5) is 17.2. The lowest BCUT2D eigenvalue weighted by Crippen LogP contribution is -2.30. The van der Waals surface area contributed by atoms with E-state index in [1.54, 1.807) is 16.0 Å². The van der Waals surface area contributed by atoms with Gasteiger partial charge in [0.1, 0.15) is 5.01 Å². The molecule has 128 valence electrons. The Balaban J connectivity index is 1.42. The number of rotatable bonds is 4. The summed E-state index contributed by atoms with van der Waals surface area (Å²) in [7, 11) is 0. The van der Waals surface area contributed by atoms with Gasteiger partial charge in [0.15, 0.2) is 5.82 Å². The fourth-order valence-electron chi connectivity index (χ4n) is 3.01. The Labute approximate surface area is 149 Å². The van der Waals surface area contributed by atoms with Crippen molar-refractivity contribution >= 4 is 17.2 Å². The molecule has 7 nitrogen and oxygen atoms in total. The maximum absolute atomic E-state index is 12.6. The molecule has 8 heteroatoms. The number of amides is 1. The zero-order valence-corrected chi connectivity index (χ0v) is 14.4. The summed E-state index contributed by atoms with van der Waals surface area (Å²) in [5, 5.41) is 17.7. The molecule has 0 radical (unpaired) electrons. The molecule has 0 fully saturated rings. The van der Waals surface area contributed by atoms with Gasteiger partial charge < -0.3 is 5.32 Å². The van der Waals surface area contributed by atoms with Crippen LogP contribution in [-0.2, 0) is 17.9 Å². The van der Waals surface area contributed by atoms with E-state index in [1.165, 1.54) is 0 Å². The van der Waals surface area contributed by atoms with Crippen LogP contribution in [0.1, 0.15) is 36.7 Å². The van der Waals surface area contributed by atoms with Crippen LogP contribution in [0.5, 0.6) is 0 Å². The normalized spacial score (nSPS) is 16.9. The van der Waals surface area contributed by atoms with Crippen LogP contribution in [0.4, 0.5) is 0 Å². The fourth-order valence-corrected chi connectivity index (χ4v) is 3.84. The minimum absolute atomic E-state index is 0.0350. The molecule has 0 unspecified atom stereocenters. The molecule has 3 aromatic rings. The first kappa shape index (κ1) is 15.9. The van der Waals surface area contributed by atoms with Gasteiger partial charge >= 0.3 is 0 Å². The second-order valence-corrected chi connectivity index (χ2v) is 6.89. The molecule has 0 aliphatic carbocycles. The number of benzene rings is 1. The molecule has 4 rings (SSSR count). The highest BCUT2D eigenvalue weighted by Gasteiger charge is 2.28. The second kappa shape index (κ2) is 7.10. The Hall–Kier alpha value is -2.61. The van der Waals surface area contributed by atoms with E-state index in [1.807, 2.05) is 35.7 Å². The number of carbonyl (C=O) groups excluding carboxylic acids is 1. The molecule has 0 spiro atoms. The van der Waals surface area contributed by atoms with Crippen molar-refractivity contribution in [2.75, 3.05) is 0 Å². The summed E-state index contributed by atoms with van der Waals surface area (Å²) in [6.07, 6.45) is 2.75. The van der Waals surface area contributed by atoms with Gasteiger partial charge in [-0.15, -0.1) is 16.4 Å². The minimum atomic E-state index is -0.287. The van der Waals surface area contributed by atoms with Crippen molar-refractivity contribution in [3.63, 3.8) is 0 Å². The van der Waals surface area contributed by atoms with Gasteiger partial charge in [-0.05, 0) is 23.3 Å². The van der Waals surface area contributed by atoms with E-state index in [0.717, 1.165) is 42.1 Å². The van der Waals surface area contributed by atoms with E-state index in [-0.39, 0.29) is 11.8 Å². The van der Waals surface area contributed by atoms with Gasteiger partial charge in [-0.3, -0.25) is 4.79 Å². The Morgan fingerprint density at radius 2 is 2.16 bits per heavy atom. The zero-order valence-electron chi connectivity index (χ0n) is 13.6. The standard InChI is InChI=1S/C17H18N6OS/c24-16(14-8-4-5-9-23-15(14)20-21-22-23)18-10-13-11-25-17(19-13)12-6-2-1-3-7-12/h1-3,6-7,11,14H,4-5,8-10H2,(H,18,24)/t14-/m1/s1. The summed E-state index contributed by atoms with van der Waals surface area (Å²) < 4.78 is 1.74. The van der Waals surface area contributed by atoms with Crippen LogP contribution in [0.3, 0.4) is 0 Å². The van der Waals surface area contributed by atoms with E-state index >= 15 is 0 Å². The molecular formula is C17H18N6OS. The number of nitrogens with one attached hydrogen (secondary N) is 1. The molecule has 1 aliphatic heterocycles. The molecular weight excluding hydrogens is 336 g/mol. The van der Waals surface area contributed by atoms with E-state index < -0.39 is 0 Å². The van der Waals surface area contributed by atoms with Crippen LogP contribution in [0.25, 0.3) is 10.6 Å². The highest BCUT2D eigenvalue weighted by molar-refractivity contribution is 7.13. The topological polar surface area (TPSA) is 85.6 Å². The Kier molecular flexibility index (Phi) is 4.51. The number of carbonyl (C=O) groups is 1. The lowest BCUT2D eigenvalue weighted by atomic mass is 10.0. The van der Waals surface area contributed by atoms with Gasteiger partial charge in [-0.25, -0.2) is 9.67 Å². The average Bonchev–Trinajstić information content (AvgIpc) is 3.26. The van der Waals surface area contributed by atoms with Gasteiger partial charge in [0, 0.05) is 17.5 Å². The maximum atomic E-state index is 12.6. The molecule has 3 heterocycles. The van der Waals surface area contributed by atoms with Crippen molar-refractivity contribution in [1.82, 2.24) is 30.5 Å². The fraction of sp³-hybridized carbons (Fsp3) is 0.353. The molecule has 1 amide bonds. The largest absolute Gasteiger partial charge is 0.350 e. The predicted molar refractivity (Wildman–Crippen MR) is 93.8 cm³/mol. The third-order valence-electron chi connectivity index (χ3n) is 4.32. The average molecular weight is 354 g/mol. The van der Waals surface area contributed by atoms with Crippen LogP contribution in [0.15, 0.2) is 35.7 Å². The maximum Gasteiger partial charge on any atom is 0.231 e. The summed E-state index contributed by atoms with van der Waals surface area (Å²) in [5.74, 6) is 0.343. The number of thiazole rings is 1. The summed E-state index contributed by atoms with van der Waals surface area (Å²) in [5.41, 5.74) is 1.96. The quantitative estimate of drug-likeness (QED) is 0.777. The Bertz CT molecular complexity index is 859. The zero-order chi connectivity index (χ0) is 17.1. The Morgan fingerprint density at radius 3 is 3.04 bits per heavy atom. The minimum Gasteiger partial charge on any atom is -0.350 e. The highest BCUT2D eigenvalue weighted by Crippen LogP contribution is 2.25. The first-order valence-corrected chi connectivity index (χ1v) is 9.23. The number of aryl methyl sites for hydroxylation is 1. The number of nitrogens with zero attached hydrogens (tertiary/aromatic N) is 5. The number of aromatic nitrogens is 5. The lowest BCUT2D eigenvalue weighted by molar-refractivity contribution is -0.123. The molecule has 1 N–H and O–H groups in total. The highest BCUT2D eigenvalue weighted by atomic mass is 32.1. The van der Waals surface area contributed by atoms with Crippen molar-refractivity contribution < 1.29 is 4.79 Å². The molecule has 0 saturated carbocycles. The second-order valence-electron chi connectivity index (χ2n) is 6.04. The number of hydrogen-bond acceptors (Lipinski definition) is 6. The van der Waals surface area contributed by atoms with Crippen molar-refractivity contribution in [2.45, 2.75) is 38.3 Å². The van der Waals surface area contributed by atoms with Crippen LogP contribution < -0.4 is 5.32 Å². The van der Waals surface area contributed by atoms with Crippen LogP contribution in [0, 0.1) is 0 Å². The molecule has 0 bridgehead atoms. The van der Waals surface area contributed by atoms with Crippen LogP contribution in [-0.4, -0.2) is 31.1 Å². The third kappa shape index (κ3) is 3.43. The van der Waals surface area contributed by atoms with Crippen molar-refractivity contribution in [3.05, 3.63) is 47.2 Å². The van der Waals surface area contributed by atoms with Gasteiger partial charge in [-0.2, -0.15) is 0 Å². The summed E-state index contributed by atoms with van der Waals surface area (Å²) in [6.45, 7) is 1.19. The number of tetrazole rings is 1. The monoisotopic (exact) mass is 354 g/mol. The third-order valence-corrected chi connectivity index (χ3v) is 5.26. The molecule has 1 atom stereocenters. The van der Waals surface area contributed by atoms with Crippen molar-refractivity contribution in [3.8, 4) is 10.6 Å². The number of hydrogen-bond donors (Lipinski definition) is 1. The molecule has 1 aliphatic rings. The van der Waals surface area contributed by atoms with Crippen molar-refractivity contribution in [1.29, 1.82) is 0 Å². The van der Waals surface area contributed by atoms with E-state index in [0.29, 0.717) is 12.4 Å². The number of fused-ring (bicyclic) bond motifs is 1. The van der Waals surface area contributed by atoms with Crippen molar-refractivity contribution in [2.24, 2.45) is 0 Å². The molecule has 1 aromatic carbocycles. The van der Waals surface area contributed by atoms with Gasteiger partial charge in [-0.1, -0.05) is 36.8 Å². The molecule has 25 heavy (non-hydrogen) atoms. The van der Waals surface area contributed by atoms with E-state index in [2.05, 4.69) is 25.8 Å². The summed E-state index contributed by atoms with van der Waals surface area (Å²) >= 11 is 1.58. The van der Waals surface area contributed by atoms with Gasteiger partial charge in [0.25, 0.3) is 0 Å². The van der Waals surface area contributed by atoms with Gasteiger partial charge in [0.05, 0.1) is 18.2 Å². The predicted octanol–water partition coefficient (Wildman–Crippen LogP) is 2.38. The SMILES string of the molecule is O=C(NCc1csc(-c2ccccc2)n1)[C@@H]1CCCCn2nnnc21. The molecule has 0 saturated heterocycles. The van der Waals surface area contributed by atoms with Crippen LogP contribution >= 0.6 is 11.3 Å². The smallest absolute Gasteiger partial charge is 0.231 e. The Morgan fingerprint density at radius 1 is 1.28 bits per heavy atom. The lowest BCUT2D eigenvalue weighted by Gasteiger charge is -2.12. The first-order valence-electron chi connectivity index (χ1n) is 8.35. The van der Waals surface area contributed by atoms with Crippen LogP contribution in [0.2, 0.25) is 0 Å². The first-order chi connectivity index (χ1) is 12.3. The van der Waals surface area contributed by atoms with E-state index in [4.69, 9.17) is 0 Å².